The number of fused-ring (bicyclic) bond motifs is 3. The molecule has 18 heavy (non-hydrogen) atoms. The second-order valence-electron chi connectivity index (χ2n) is 5.61. The van der Waals surface area contributed by atoms with E-state index in [9.17, 15) is 9.90 Å². The molecule has 2 atom stereocenters. The summed E-state index contributed by atoms with van der Waals surface area (Å²) in [6, 6.07) is 5.51. The Morgan fingerprint density at radius 3 is 2.89 bits per heavy atom. The van der Waals surface area contributed by atoms with Crippen LogP contribution in [0.1, 0.15) is 31.4 Å². The third-order valence-corrected chi connectivity index (χ3v) is 5.21. The van der Waals surface area contributed by atoms with Crippen molar-refractivity contribution in [3.8, 4) is 5.75 Å². The van der Waals surface area contributed by atoms with Crippen LogP contribution in [0.25, 0.3) is 5.57 Å². The minimum atomic E-state index is 0.0555. The van der Waals surface area contributed by atoms with E-state index in [1.165, 1.54) is 11.1 Å². The first-order valence-electron chi connectivity index (χ1n) is 6.14. The third kappa shape index (κ3) is 1.56. The van der Waals surface area contributed by atoms with Crippen molar-refractivity contribution in [2.75, 3.05) is 0 Å². The Labute approximate surface area is 120 Å². The molecule has 3 rings (SSSR count). The van der Waals surface area contributed by atoms with Crippen molar-refractivity contribution in [3.05, 3.63) is 34.9 Å². The van der Waals surface area contributed by atoms with E-state index in [1.807, 2.05) is 19.1 Å². The minimum absolute atomic E-state index is 0.0555. The lowest BCUT2D eigenvalue weighted by atomic mass is 9.71. The summed E-state index contributed by atoms with van der Waals surface area (Å²) in [7, 11) is 0. The van der Waals surface area contributed by atoms with E-state index in [0.29, 0.717) is 5.75 Å². The number of halogens is 1. The van der Waals surface area contributed by atoms with Crippen LogP contribution in [-0.4, -0.2) is 14.8 Å². The number of carbonyl (C=O) groups is 1. The molecule has 1 N–H and O–H groups in total. The molecule has 2 aliphatic carbocycles. The number of rotatable bonds is 0. The summed E-state index contributed by atoms with van der Waals surface area (Å²) in [4.78, 5) is 12.2. The van der Waals surface area contributed by atoms with Gasteiger partial charge >= 0.3 is 0 Å². The van der Waals surface area contributed by atoms with Crippen LogP contribution in [0.2, 0.25) is 0 Å². The molecule has 1 aromatic carbocycles. The van der Waals surface area contributed by atoms with Crippen molar-refractivity contribution in [1.29, 1.82) is 0 Å². The maximum atomic E-state index is 12.2. The summed E-state index contributed by atoms with van der Waals surface area (Å²) in [5.41, 5.74) is 4.50. The quantitative estimate of drug-likeness (QED) is 0.572. The van der Waals surface area contributed by atoms with Gasteiger partial charge in [0.2, 0.25) is 0 Å². The number of allylic oxidation sites excluding steroid dienone is 2. The molecule has 3 heteroatoms. The van der Waals surface area contributed by atoms with Gasteiger partial charge in [0.25, 0.3) is 0 Å². The van der Waals surface area contributed by atoms with Crippen LogP contribution in [0.5, 0.6) is 5.75 Å². The van der Waals surface area contributed by atoms with Gasteiger partial charge in [0.05, 0.1) is 3.92 Å². The average molecular weight is 354 g/mol. The Hall–Kier alpha value is -0.840. The number of alkyl halides is 1. The van der Waals surface area contributed by atoms with Crippen LogP contribution >= 0.6 is 22.6 Å². The van der Waals surface area contributed by atoms with Crippen LogP contribution < -0.4 is 0 Å². The highest BCUT2D eigenvalue weighted by Crippen LogP contribution is 2.54. The first kappa shape index (κ1) is 12.2. The molecule has 2 nitrogen and oxygen atoms in total. The molecule has 0 aromatic heterocycles. The Bertz CT molecular complexity index is 588. The molecule has 94 valence electrons. The Balaban J connectivity index is 2.25. The van der Waals surface area contributed by atoms with Crippen molar-refractivity contribution in [1.82, 2.24) is 0 Å². The molecule has 0 spiro atoms. The minimum Gasteiger partial charge on any atom is -0.508 e. The molecule has 0 bridgehead atoms. The topological polar surface area (TPSA) is 37.3 Å². The maximum Gasteiger partial charge on any atom is 0.171 e. The van der Waals surface area contributed by atoms with E-state index >= 15 is 0 Å². The molecule has 0 fully saturated rings. The summed E-state index contributed by atoms with van der Waals surface area (Å²) in [5.74, 6) is 0.579. The fraction of sp³-hybridized carbons (Fsp3) is 0.400. The van der Waals surface area contributed by atoms with Gasteiger partial charge in [-0.25, -0.2) is 0 Å². The fourth-order valence-electron chi connectivity index (χ4n) is 3.48. The van der Waals surface area contributed by atoms with Crippen LogP contribution in [0, 0.1) is 5.41 Å². The zero-order valence-electron chi connectivity index (χ0n) is 10.5. The summed E-state index contributed by atoms with van der Waals surface area (Å²) >= 11 is 2.26. The Morgan fingerprint density at radius 2 is 2.17 bits per heavy atom. The number of phenols is 1. The molecule has 0 radical (unpaired) electrons. The summed E-state index contributed by atoms with van der Waals surface area (Å²) in [5, 5.41) is 9.60. The molecule has 0 amide bonds. The number of aromatic hydroxyl groups is 1. The van der Waals surface area contributed by atoms with Crippen molar-refractivity contribution < 1.29 is 9.90 Å². The highest BCUT2D eigenvalue weighted by Gasteiger charge is 2.45. The molecule has 0 heterocycles. The summed E-state index contributed by atoms with van der Waals surface area (Å²) in [6.07, 6.45) is 1.82. The van der Waals surface area contributed by atoms with Crippen LogP contribution in [0.3, 0.4) is 0 Å². The van der Waals surface area contributed by atoms with E-state index in [-0.39, 0.29) is 15.1 Å². The van der Waals surface area contributed by atoms with Gasteiger partial charge in [-0.15, -0.1) is 0 Å². The standard InChI is InChI=1S/C15H15IO2/c1-8-13-11-4-3-10(17)5-9(11)6-15(13,2)7-12(16)14(8)18/h3-5,12,17H,6-7H2,1-2H3/t12-,15+/m0/s1. The smallest absolute Gasteiger partial charge is 0.171 e. The number of hydrogen-bond acceptors (Lipinski definition) is 2. The van der Waals surface area contributed by atoms with Gasteiger partial charge in [-0.1, -0.05) is 35.6 Å². The van der Waals surface area contributed by atoms with E-state index < -0.39 is 0 Å². The zero-order valence-corrected chi connectivity index (χ0v) is 12.6. The van der Waals surface area contributed by atoms with Crippen LogP contribution in [0.15, 0.2) is 23.8 Å². The van der Waals surface area contributed by atoms with E-state index in [0.717, 1.165) is 24.0 Å². The monoisotopic (exact) mass is 354 g/mol. The number of carbonyl (C=O) groups excluding carboxylic acids is 1. The number of benzene rings is 1. The highest BCUT2D eigenvalue weighted by molar-refractivity contribution is 14.1. The molecule has 2 aliphatic rings. The second-order valence-corrected chi connectivity index (χ2v) is 7.12. The Morgan fingerprint density at radius 1 is 1.44 bits per heavy atom. The highest BCUT2D eigenvalue weighted by atomic mass is 127. The normalized spacial score (nSPS) is 30.4. The predicted molar refractivity (Wildman–Crippen MR) is 79.9 cm³/mol. The first-order chi connectivity index (χ1) is 8.42. The molecular formula is C15H15IO2. The Kier molecular flexibility index (Phi) is 2.59. The maximum absolute atomic E-state index is 12.2. The lowest BCUT2D eigenvalue weighted by molar-refractivity contribution is -0.115. The average Bonchev–Trinajstić information content (AvgIpc) is 2.57. The third-order valence-electron chi connectivity index (χ3n) is 4.20. The molecule has 0 unspecified atom stereocenters. The van der Waals surface area contributed by atoms with Gasteiger partial charge in [0.1, 0.15) is 5.75 Å². The second kappa shape index (κ2) is 3.83. The summed E-state index contributed by atoms with van der Waals surface area (Å²) < 4.78 is 0.0826. The van der Waals surface area contributed by atoms with Gasteiger partial charge in [-0.05, 0) is 59.6 Å². The lowest BCUT2D eigenvalue weighted by Gasteiger charge is -2.34. The van der Waals surface area contributed by atoms with Crippen LogP contribution in [0.4, 0.5) is 0 Å². The first-order valence-corrected chi connectivity index (χ1v) is 7.39. The molecule has 0 aliphatic heterocycles. The number of ketones is 1. The zero-order chi connectivity index (χ0) is 13.1. The molecule has 1 aromatic rings. The predicted octanol–water partition coefficient (Wildman–Crippen LogP) is 3.50. The number of hydrogen-bond donors (Lipinski definition) is 1. The largest absolute Gasteiger partial charge is 0.508 e. The summed E-state index contributed by atoms with van der Waals surface area (Å²) in [6.45, 7) is 4.18. The van der Waals surface area contributed by atoms with Gasteiger partial charge in [0.15, 0.2) is 5.78 Å². The van der Waals surface area contributed by atoms with Gasteiger partial charge in [0, 0.05) is 0 Å². The van der Waals surface area contributed by atoms with Crippen molar-refractivity contribution in [2.24, 2.45) is 5.41 Å². The molecular weight excluding hydrogens is 339 g/mol. The molecule has 0 saturated carbocycles. The SMILES string of the molecule is CC1=C2c3ccc(O)cc3C[C@]2(C)C[C@H](I)C1=O. The number of Topliss-reactive ketones (excluding diaryl/α,β-unsaturated/α-hetero) is 1. The van der Waals surface area contributed by atoms with Crippen molar-refractivity contribution in [2.45, 2.75) is 30.6 Å². The van der Waals surface area contributed by atoms with Gasteiger partial charge in [-0.3, -0.25) is 4.79 Å². The number of phenolic OH excluding ortho intramolecular Hbond substituents is 1. The van der Waals surface area contributed by atoms with E-state index in [4.69, 9.17) is 0 Å². The van der Waals surface area contributed by atoms with E-state index in [2.05, 4.69) is 29.5 Å². The molecule has 0 saturated heterocycles. The van der Waals surface area contributed by atoms with Gasteiger partial charge < -0.3 is 5.11 Å². The van der Waals surface area contributed by atoms with Gasteiger partial charge in [-0.2, -0.15) is 0 Å². The van der Waals surface area contributed by atoms with Crippen molar-refractivity contribution >= 4 is 33.9 Å². The van der Waals surface area contributed by atoms with Crippen molar-refractivity contribution in [3.63, 3.8) is 0 Å². The van der Waals surface area contributed by atoms with Crippen LogP contribution in [-0.2, 0) is 11.2 Å². The fourth-order valence-corrected chi connectivity index (χ4v) is 4.92. The van der Waals surface area contributed by atoms with E-state index in [1.54, 1.807) is 6.07 Å². The lowest BCUT2D eigenvalue weighted by Crippen LogP contribution is -2.32.